The summed E-state index contributed by atoms with van der Waals surface area (Å²) in [5.74, 6) is -0.196. The Balaban J connectivity index is 2.09. The maximum atomic E-state index is 13.2. The Labute approximate surface area is 114 Å². The van der Waals surface area contributed by atoms with Crippen molar-refractivity contribution in [1.82, 2.24) is 4.90 Å². The monoisotopic (exact) mass is 266 g/mol. The van der Waals surface area contributed by atoms with Gasteiger partial charge >= 0.3 is 0 Å². The summed E-state index contributed by atoms with van der Waals surface area (Å²) in [6.45, 7) is 4.19. The summed E-state index contributed by atoms with van der Waals surface area (Å²) in [4.78, 5) is 2.22. The van der Waals surface area contributed by atoms with Gasteiger partial charge in [-0.25, -0.2) is 4.39 Å². The van der Waals surface area contributed by atoms with E-state index in [1.807, 2.05) is 13.0 Å². The number of likely N-dealkylation sites (N-methyl/N-ethyl adjacent to an activating group) is 1. The zero-order chi connectivity index (χ0) is 13.8. The van der Waals surface area contributed by atoms with E-state index in [-0.39, 0.29) is 11.9 Å². The molecule has 106 valence electrons. The van der Waals surface area contributed by atoms with Crippen molar-refractivity contribution in [3.05, 3.63) is 35.1 Å². The Kier molecular flexibility index (Phi) is 4.91. The van der Waals surface area contributed by atoms with E-state index in [2.05, 4.69) is 11.9 Å². The molecule has 0 amide bonds. The third-order valence-corrected chi connectivity index (χ3v) is 3.86. The van der Waals surface area contributed by atoms with Crippen LogP contribution in [0.15, 0.2) is 18.2 Å². The lowest BCUT2D eigenvalue weighted by molar-refractivity contribution is 0.0688. The minimum Gasteiger partial charge on any atom is -0.377 e. The van der Waals surface area contributed by atoms with Crippen molar-refractivity contribution in [3.8, 4) is 0 Å². The maximum absolute atomic E-state index is 13.2. The van der Waals surface area contributed by atoms with Crippen LogP contribution >= 0.6 is 0 Å². The molecule has 0 aromatic heterocycles. The molecular weight excluding hydrogens is 243 g/mol. The van der Waals surface area contributed by atoms with Crippen molar-refractivity contribution in [2.45, 2.75) is 31.9 Å². The van der Waals surface area contributed by atoms with E-state index in [9.17, 15) is 4.39 Å². The summed E-state index contributed by atoms with van der Waals surface area (Å²) in [6, 6.07) is 5.03. The number of hydrogen-bond acceptors (Lipinski definition) is 3. The Morgan fingerprint density at radius 1 is 1.53 bits per heavy atom. The molecule has 1 aromatic rings. The molecule has 0 bridgehead atoms. The minimum atomic E-state index is -0.196. The van der Waals surface area contributed by atoms with Crippen molar-refractivity contribution in [1.29, 1.82) is 0 Å². The van der Waals surface area contributed by atoms with E-state index in [1.54, 1.807) is 6.07 Å². The van der Waals surface area contributed by atoms with Crippen LogP contribution in [0.2, 0.25) is 0 Å². The molecule has 1 aromatic carbocycles. The normalized spacial score (nSPS) is 21.0. The molecule has 4 heteroatoms. The van der Waals surface area contributed by atoms with Crippen LogP contribution in [0.4, 0.5) is 4.39 Å². The summed E-state index contributed by atoms with van der Waals surface area (Å²) < 4.78 is 18.8. The van der Waals surface area contributed by atoms with Crippen LogP contribution in [-0.4, -0.2) is 37.7 Å². The molecule has 1 heterocycles. The Morgan fingerprint density at radius 3 is 2.89 bits per heavy atom. The third-order valence-electron chi connectivity index (χ3n) is 3.86. The Hall–Kier alpha value is -0.970. The molecule has 0 radical (unpaired) electrons. The van der Waals surface area contributed by atoms with Gasteiger partial charge in [0.05, 0.1) is 6.10 Å². The molecule has 3 nitrogen and oxygen atoms in total. The number of hydrogen-bond donors (Lipinski definition) is 1. The maximum Gasteiger partial charge on any atom is 0.123 e. The predicted octanol–water partition coefficient (Wildman–Crippen LogP) is 2.24. The smallest absolute Gasteiger partial charge is 0.123 e. The highest BCUT2D eigenvalue weighted by molar-refractivity contribution is 5.29. The highest BCUT2D eigenvalue weighted by Crippen LogP contribution is 2.24. The first-order chi connectivity index (χ1) is 9.11. The van der Waals surface area contributed by atoms with Gasteiger partial charge in [-0.05, 0) is 50.1 Å². The van der Waals surface area contributed by atoms with Gasteiger partial charge in [-0.3, -0.25) is 4.90 Å². The van der Waals surface area contributed by atoms with E-state index in [0.717, 1.165) is 37.1 Å². The predicted molar refractivity (Wildman–Crippen MR) is 74.5 cm³/mol. The van der Waals surface area contributed by atoms with Crippen LogP contribution in [0, 0.1) is 12.7 Å². The van der Waals surface area contributed by atoms with Gasteiger partial charge in [0.15, 0.2) is 0 Å². The quantitative estimate of drug-likeness (QED) is 0.888. The van der Waals surface area contributed by atoms with Crippen LogP contribution in [0.25, 0.3) is 0 Å². The SMILES string of the molecule is Cc1cc(F)ccc1C(CN)N(C)CC1CCCO1. The fraction of sp³-hybridized carbons (Fsp3) is 0.600. The number of rotatable bonds is 5. The molecule has 1 aliphatic heterocycles. The highest BCUT2D eigenvalue weighted by atomic mass is 19.1. The summed E-state index contributed by atoms with van der Waals surface area (Å²) >= 11 is 0. The van der Waals surface area contributed by atoms with E-state index < -0.39 is 0 Å². The van der Waals surface area contributed by atoms with E-state index in [0.29, 0.717) is 12.6 Å². The second-order valence-electron chi connectivity index (χ2n) is 5.33. The lowest BCUT2D eigenvalue weighted by atomic mass is 9.99. The lowest BCUT2D eigenvalue weighted by Crippen LogP contribution is -2.36. The molecule has 2 rings (SSSR count). The topological polar surface area (TPSA) is 38.5 Å². The molecule has 0 aliphatic carbocycles. The molecule has 2 N–H and O–H groups in total. The van der Waals surface area contributed by atoms with Crippen LogP contribution in [0.5, 0.6) is 0 Å². The van der Waals surface area contributed by atoms with Gasteiger partial charge in [-0.1, -0.05) is 6.07 Å². The average molecular weight is 266 g/mol. The van der Waals surface area contributed by atoms with Crippen molar-refractivity contribution >= 4 is 0 Å². The van der Waals surface area contributed by atoms with Crippen LogP contribution in [-0.2, 0) is 4.74 Å². The van der Waals surface area contributed by atoms with Gasteiger partial charge in [0, 0.05) is 25.7 Å². The van der Waals surface area contributed by atoms with Gasteiger partial charge < -0.3 is 10.5 Å². The first-order valence-corrected chi connectivity index (χ1v) is 6.89. The van der Waals surface area contributed by atoms with Crippen molar-refractivity contribution in [3.63, 3.8) is 0 Å². The molecular formula is C15H23FN2O. The molecule has 19 heavy (non-hydrogen) atoms. The molecule has 0 saturated carbocycles. The number of halogens is 1. The minimum absolute atomic E-state index is 0.116. The molecule has 1 fully saturated rings. The number of nitrogens with two attached hydrogens (primary N) is 1. The lowest BCUT2D eigenvalue weighted by Gasteiger charge is -2.30. The first-order valence-electron chi connectivity index (χ1n) is 6.89. The summed E-state index contributed by atoms with van der Waals surface area (Å²) in [5.41, 5.74) is 7.97. The molecule has 2 unspecified atom stereocenters. The largest absolute Gasteiger partial charge is 0.377 e. The molecule has 1 aliphatic rings. The fourth-order valence-corrected chi connectivity index (χ4v) is 2.79. The molecule has 0 spiro atoms. The second kappa shape index (κ2) is 6.46. The van der Waals surface area contributed by atoms with Gasteiger partial charge in [0.1, 0.15) is 5.82 Å². The number of aryl methyl sites for hydroxylation is 1. The Morgan fingerprint density at radius 2 is 2.32 bits per heavy atom. The van der Waals surface area contributed by atoms with Gasteiger partial charge in [-0.2, -0.15) is 0 Å². The van der Waals surface area contributed by atoms with Gasteiger partial charge in [-0.15, -0.1) is 0 Å². The van der Waals surface area contributed by atoms with E-state index in [4.69, 9.17) is 10.5 Å². The highest BCUT2D eigenvalue weighted by Gasteiger charge is 2.23. The third kappa shape index (κ3) is 3.53. The van der Waals surface area contributed by atoms with Gasteiger partial charge in [0.25, 0.3) is 0 Å². The van der Waals surface area contributed by atoms with Crippen molar-refractivity contribution in [2.75, 3.05) is 26.7 Å². The number of ether oxygens (including phenoxy) is 1. The van der Waals surface area contributed by atoms with Gasteiger partial charge in [0.2, 0.25) is 0 Å². The number of nitrogens with zero attached hydrogens (tertiary/aromatic N) is 1. The molecule has 1 saturated heterocycles. The standard InChI is InChI=1S/C15H23FN2O/c1-11-8-12(16)5-6-14(11)15(9-17)18(2)10-13-4-3-7-19-13/h5-6,8,13,15H,3-4,7,9-10,17H2,1-2H3. The van der Waals surface area contributed by atoms with Crippen LogP contribution in [0.3, 0.4) is 0 Å². The summed E-state index contributed by atoms with van der Waals surface area (Å²) in [7, 11) is 2.06. The average Bonchev–Trinajstić information content (AvgIpc) is 2.85. The fourth-order valence-electron chi connectivity index (χ4n) is 2.79. The summed E-state index contributed by atoms with van der Waals surface area (Å²) in [6.07, 6.45) is 2.56. The van der Waals surface area contributed by atoms with Crippen LogP contribution in [0.1, 0.15) is 30.0 Å². The van der Waals surface area contributed by atoms with Crippen molar-refractivity contribution in [2.24, 2.45) is 5.73 Å². The number of benzene rings is 1. The first kappa shape index (κ1) is 14.4. The second-order valence-corrected chi connectivity index (χ2v) is 5.33. The summed E-state index contributed by atoms with van der Waals surface area (Å²) in [5, 5.41) is 0. The molecule has 2 atom stereocenters. The zero-order valence-electron chi connectivity index (χ0n) is 11.7. The van der Waals surface area contributed by atoms with Crippen LogP contribution < -0.4 is 5.73 Å². The van der Waals surface area contributed by atoms with E-state index in [1.165, 1.54) is 6.07 Å². The van der Waals surface area contributed by atoms with E-state index >= 15 is 0 Å². The zero-order valence-corrected chi connectivity index (χ0v) is 11.7. The Bertz CT molecular complexity index is 419. The van der Waals surface area contributed by atoms with Crippen molar-refractivity contribution < 1.29 is 9.13 Å².